The van der Waals surface area contributed by atoms with Crippen LogP contribution in [0.4, 0.5) is 9.18 Å². The highest BCUT2D eigenvalue weighted by molar-refractivity contribution is 7.99. The number of carbonyl (C=O) groups is 2. The second kappa shape index (κ2) is 6.34. The van der Waals surface area contributed by atoms with E-state index in [1.54, 1.807) is 26.0 Å². The predicted octanol–water partition coefficient (Wildman–Crippen LogP) is 2.36. The fourth-order valence-electron chi connectivity index (χ4n) is 2.08. The number of halogens is 1. The summed E-state index contributed by atoms with van der Waals surface area (Å²) in [5, 5.41) is 11.8. The van der Waals surface area contributed by atoms with Crippen LogP contribution in [0.25, 0.3) is 0 Å². The molecule has 2 amide bonds. The lowest BCUT2D eigenvalue weighted by Gasteiger charge is -2.24. The lowest BCUT2D eigenvalue weighted by atomic mass is 10.1. The highest BCUT2D eigenvalue weighted by Crippen LogP contribution is 2.22. The molecule has 2 rings (SSSR count). The van der Waals surface area contributed by atoms with Crippen LogP contribution < -0.4 is 5.32 Å². The van der Waals surface area contributed by atoms with Crippen molar-refractivity contribution in [2.45, 2.75) is 25.9 Å². The van der Waals surface area contributed by atoms with Crippen molar-refractivity contribution in [1.29, 1.82) is 0 Å². The third-order valence-corrected chi connectivity index (χ3v) is 4.48. The zero-order valence-electron chi connectivity index (χ0n) is 11.8. The Balaban J connectivity index is 2.04. The van der Waals surface area contributed by atoms with Gasteiger partial charge in [0.2, 0.25) is 0 Å². The molecule has 1 aliphatic rings. The van der Waals surface area contributed by atoms with Gasteiger partial charge in [-0.25, -0.2) is 14.0 Å². The molecule has 1 aromatic carbocycles. The molecule has 1 saturated heterocycles. The number of carboxylic acid groups (broad SMARTS) is 1. The predicted molar refractivity (Wildman–Crippen MR) is 78.7 cm³/mol. The van der Waals surface area contributed by atoms with Crippen molar-refractivity contribution >= 4 is 23.8 Å². The van der Waals surface area contributed by atoms with Gasteiger partial charge in [0.25, 0.3) is 0 Å². The monoisotopic (exact) mass is 312 g/mol. The number of nitrogens with zero attached hydrogens (tertiary/aromatic N) is 1. The Hall–Kier alpha value is -1.76. The van der Waals surface area contributed by atoms with Crippen molar-refractivity contribution in [3.63, 3.8) is 0 Å². The van der Waals surface area contributed by atoms with Crippen LogP contribution in [0.3, 0.4) is 0 Å². The van der Waals surface area contributed by atoms with Gasteiger partial charge in [0.15, 0.2) is 0 Å². The van der Waals surface area contributed by atoms with Crippen LogP contribution >= 0.6 is 11.8 Å². The Kier molecular flexibility index (Phi) is 4.72. The molecule has 0 radical (unpaired) electrons. The Bertz CT molecular complexity index is 567. The standard InChI is InChI=1S/C14H17FN2O3S/c1-8-3-4-10(5-11(8)15)9(2)16-14(20)17-7-21-6-12(17)13(18)19/h3-5,9,12H,6-7H2,1-2H3,(H,16,20)(H,18,19). The first kappa shape index (κ1) is 15.6. The first-order chi connectivity index (χ1) is 9.90. The first-order valence-corrected chi connectivity index (χ1v) is 7.69. The number of urea groups is 1. The third-order valence-electron chi connectivity index (χ3n) is 3.46. The van der Waals surface area contributed by atoms with Crippen LogP contribution in [0.1, 0.15) is 24.1 Å². The molecule has 1 aliphatic heterocycles. The number of carboxylic acids is 1. The maximum Gasteiger partial charge on any atom is 0.327 e. The van der Waals surface area contributed by atoms with Crippen LogP contribution in [0.5, 0.6) is 0 Å². The van der Waals surface area contributed by atoms with Crippen LogP contribution in [-0.2, 0) is 4.79 Å². The zero-order valence-corrected chi connectivity index (χ0v) is 12.6. The van der Waals surface area contributed by atoms with Gasteiger partial charge in [-0.1, -0.05) is 12.1 Å². The van der Waals surface area contributed by atoms with E-state index in [-0.39, 0.29) is 5.82 Å². The molecule has 0 aromatic heterocycles. The maximum absolute atomic E-state index is 13.5. The summed E-state index contributed by atoms with van der Waals surface area (Å²) in [6, 6.07) is 3.13. The van der Waals surface area contributed by atoms with Crippen LogP contribution in [0.15, 0.2) is 18.2 Å². The maximum atomic E-state index is 13.5. The van der Waals surface area contributed by atoms with Gasteiger partial charge in [-0.15, -0.1) is 11.8 Å². The number of hydrogen-bond acceptors (Lipinski definition) is 3. The molecule has 5 nitrogen and oxygen atoms in total. The number of aryl methyl sites for hydroxylation is 1. The van der Waals surface area contributed by atoms with Gasteiger partial charge in [0.05, 0.1) is 11.9 Å². The van der Waals surface area contributed by atoms with E-state index in [0.717, 1.165) is 0 Å². The van der Waals surface area contributed by atoms with Gasteiger partial charge in [-0.3, -0.25) is 0 Å². The van der Waals surface area contributed by atoms with Gasteiger partial charge in [-0.2, -0.15) is 0 Å². The normalized spacial score (nSPS) is 19.4. The number of benzene rings is 1. The van der Waals surface area contributed by atoms with Crippen molar-refractivity contribution in [3.05, 3.63) is 35.1 Å². The second-order valence-corrected chi connectivity index (χ2v) is 6.00. The van der Waals surface area contributed by atoms with Gasteiger partial charge < -0.3 is 15.3 Å². The first-order valence-electron chi connectivity index (χ1n) is 6.54. The number of hydrogen-bond donors (Lipinski definition) is 2. The Morgan fingerprint density at radius 1 is 1.52 bits per heavy atom. The molecule has 1 fully saturated rings. The average molecular weight is 312 g/mol. The Morgan fingerprint density at radius 3 is 2.86 bits per heavy atom. The van der Waals surface area contributed by atoms with Crippen LogP contribution in [0.2, 0.25) is 0 Å². The van der Waals surface area contributed by atoms with Crippen LogP contribution in [-0.4, -0.2) is 39.7 Å². The van der Waals surface area contributed by atoms with E-state index >= 15 is 0 Å². The third kappa shape index (κ3) is 3.47. The molecule has 2 atom stereocenters. The average Bonchev–Trinajstić information content (AvgIpc) is 2.91. The minimum Gasteiger partial charge on any atom is -0.480 e. The summed E-state index contributed by atoms with van der Waals surface area (Å²) < 4.78 is 13.5. The minimum atomic E-state index is -1.01. The highest BCUT2D eigenvalue weighted by atomic mass is 32.2. The van der Waals surface area contributed by atoms with E-state index in [4.69, 9.17) is 5.11 Å². The topological polar surface area (TPSA) is 69.6 Å². The molecule has 0 bridgehead atoms. The molecule has 7 heteroatoms. The highest BCUT2D eigenvalue weighted by Gasteiger charge is 2.35. The smallest absolute Gasteiger partial charge is 0.327 e. The van der Waals surface area contributed by atoms with Crippen LogP contribution in [0, 0.1) is 12.7 Å². The van der Waals surface area contributed by atoms with Crippen molar-refractivity contribution in [3.8, 4) is 0 Å². The summed E-state index contributed by atoms with van der Waals surface area (Å²) in [4.78, 5) is 24.5. The molecule has 1 heterocycles. The molecule has 2 N–H and O–H groups in total. The Labute approximate surface area is 126 Å². The van der Waals surface area contributed by atoms with Crippen molar-refractivity contribution < 1.29 is 19.1 Å². The quantitative estimate of drug-likeness (QED) is 0.899. The van der Waals surface area contributed by atoms with E-state index in [1.165, 1.54) is 22.7 Å². The number of amides is 2. The van der Waals surface area contributed by atoms with Crippen molar-refractivity contribution in [2.24, 2.45) is 0 Å². The van der Waals surface area contributed by atoms with E-state index in [1.807, 2.05) is 0 Å². The number of thioether (sulfide) groups is 1. The van der Waals surface area contributed by atoms with Crippen molar-refractivity contribution in [2.75, 3.05) is 11.6 Å². The van der Waals surface area contributed by atoms with Gasteiger partial charge in [-0.05, 0) is 31.0 Å². The van der Waals surface area contributed by atoms with E-state index in [9.17, 15) is 14.0 Å². The molecule has 2 unspecified atom stereocenters. The fourth-order valence-corrected chi connectivity index (χ4v) is 3.22. The number of carbonyl (C=O) groups excluding carboxylic acids is 1. The number of nitrogens with one attached hydrogen (secondary N) is 1. The fraction of sp³-hybridized carbons (Fsp3) is 0.429. The molecule has 0 aliphatic carbocycles. The summed E-state index contributed by atoms with van der Waals surface area (Å²) in [7, 11) is 0. The second-order valence-electron chi connectivity index (χ2n) is 5.00. The SMILES string of the molecule is Cc1ccc(C(C)NC(=O)N2CSCC2C(=O)O)cc1F. The molecule has 0 saturated carbocycles. The molecule has 21 heavy (non-hydrogen) atoms. The molecule has 0 spiro atoms. The van der Waals surface area contributed by atoms with Gasteiger partial charge >= 0.3 is 12.0 Å². The van der Waals surface area contributed by atoms with E-state index < -0.39 is 24.1 Å². The minimum absolute atomic E-state index is 0.325. The molecule has 114 valence electrons. The summed E-state index contributed by atoms with van der Waals surface area (Å²) in [5.74, 6) is -0.605. The molecule has 1 aromatic rings. The summed E-state index contributed by atoms with van der Waals surface area (Å²) in [6.45, 7) is 3.41. The number of rotatable bonds is 3. The van der Waals surface area contributed by atoms with E-state index in [0.29, 0.717) is 22.8 Å². The lowest BCUT2D eigenvalue weighted by molar-refractivity contribution is -0.140. The zero-order chi connectivity index (χ0) is 15.6. The summed E-state index contributed by atoms with van der Waals surface area (Å²) in [5.41, 5.74) is 1.18. The summed E-state index contributed by atoms with van der Waals surface area (Å²) in [6.07, 6.45) is 0. The van der Waals surface area contributed by atoms with Gasteiger partial charge in [0.1, 0.15) is 11.9 Å². The lowest BCUT2D eigenvalue weighted by Crippen LogP contribution is -2.47. The van der Waals surface area contributed by atoms with Crippen molar-refractivity contribution in [1.82, 2.24) is 10.2 Å². The largest absolute Gasteiger partial charge is 0.480 e. The van der Waals surface area contributed by atoms with Gasteiger partial charge in [0, 0.05) is 5.75 Å². The van der Waals surface area contributed by atoms with E-state index in [2.05, 4.69) is 5.32 Å². The molecular weight excluding hydrogens is 295 g/mol. The Morgan fingerprint density at radius 2 is 2.24 bits per heavy atom. The number of aliphatic carboxylic acids is 1. The summed E-state index contributed by atoms with van der Waals surface area (Å²) >= 11 is 1.40. The molecular formula is C14H17FN2O3S.